The van der Waals surface area contributed by atoms with Gasteiger partial charge < -0.3 is 10.0 Å². The van der Waals surface area contributed by atoms with Crippen LogP contribution in [0.5, 0.6) is 5.75 Å². The maximum Gasteiger partial charge on any atom is 0.120 e. The number of hydrogen-bond donors (Lipinski definition) is 1. The van der Waals surface area contributed by atoms with Crippen LogP contribution in [0.3, 0.4) is 0 Å². The summed E-state index contributed by atoms with van der Waals surface area (Å²) in [5.41, 5.74) is 4.68. The number of phenols is 1. The molecule has 1 aromatic carbocycles. The van der Waals surface area contributed by atoms with Crippen molar-refractivity contribution >= 4 is 0 Å². The summed E-state index contributed by atoms with van der Waals surface area (Å²) in [7, 11) is 4.02. The summed E-state index contributed by atoms with van der Waals surface area (Å²) in [4.78, 5) is 2.07. The Morgan fingerprint density at radius 3 is 2.21 bits per heavy atom. The molecule has 0 saturated heterocycles. The first-order valence-electron chi connectivity index (χ1n) is 4.87. The zero-order chi connectivity index (χ0) is 10.9. The lowest BCUT2D eigenvalue weighted by Gasteiger charge is -2.17. The molecule has 0 spiro atoms. The molecule has 1 aromatic rings. The van der Waals surface area contributed by atoms with E-state index in [2.05, 4.69) is 18.7 Å². The lowest BCUT2D eigenvalue weighted by atomic mass is 9.97. The number of hydrogen-bond acceptors (Lipinski definition) is 2. The topological polar surface area (TPSA) is 23.5 Å². The van der Waals surface area contributed by atoms with Crippen LogP contribution in [-0.4, -0.2) is 24.1 Å². The molecule has 2 heteroatoms. The molecule has 0 aliphatic carbocycles. The molecule has 2 nitrogen and oxygen atoms in total. The van der Waals surface area contributed by atoms with Gasteiger partial charge >= 0.3 is 0 Å². The van der Waals surface area contributed by atoms with Gasteiger partial charge in [-0.2, -0.15) is 0 Å². The molecule has 0 bridgehead atoms. The van der Waals surface area contributed by atoms with Crippen LogP contribution in [0, 0.1) is 20.8 Å². The van der Waals surface area contributed by atoms with E-state index in [-0.39, 0.29) is 0 Å². The van der Waals surface area contributed by atoms with E-state index in [1.54, 1.807) is 0 Å². The Morgan fingerprint density at radius 1 is 1.14 bits per heavy atom. The van der Waals surface area contributed by atoms with Crippen molar-refractivity contribution in [2.75, 3.05) is 14.1 Å². The molecule has 0 heterocycles. The molecule has 14 heavy (non-hydrogen) atoms. The standard InChI is InChI=1S/C12H19NO/c1-8-6-12(14)11(7-13(4)5)10(3)9(8)2/h6,14H,7H2,1-5H3. The lowest BCUT2D eigenvalue weighted by Crippen LogP contribution is -2.12. The predicted octanol–water partition coefficient (Wildman–Crippen LogP) is 2.38. The molecule has 0 radical (unpaired) electrons. The Kier molecular flexibility index (Phi) is 3.17. The molecule has 0 saturated carbocycles. The summed E-state index contributed by atoms with van der Waals surface area (Å²) in [6, 6.07) is 1.85. The molecular weight excluding hydrogens is 174 g/mol. The minimum atomic E-state index is 0.416. The highest BCUT2D eigenvalue weighted by molar-refractivity contribution is 5.47. The largest absolute Gasteiger partial charge is 0.508 e. The number of aromatic hydroxyl groups is 1. The van der Waals surface area contributed by atoms with Crippen LogP contribution in [0.4, 0.5) is 0 Å². The fraction of sp³-hybridized carbons (Fsp3) is 0.500. The van der Waals surface area contributed by atoms with E-state index in [0.29, 0.717) is 5.75 Å². The summed E-state index contributed by atoms with van der Waals surface area (Å²) in [6.45, 7) is 6.99. The van der Waals surface area contributed by atoms with Gasteiger partial charge in [0.15, 0.2) is 0 Å². The molecule has 0 amide bonds. The second-order valence-corrected chi connectivity index (χ2v) is 4.18. The van der Waals surface area contributed by atoms with Crippen LogP contribution < -0.4 is 0 Å². The second kappa shape index (κ2) is 4.01. The maximum atomic E-state index is 9.82. The Morgan fingerprint density at radius 2 is 1.71 bits per heavy atom. The molecule has 0 unspecified atom stereocenters. The first-order valence-corrected chi connectivity index (χ1v) is 4.87. The second-order valence-electron chi connectivity index (χ2n) is 4.18. The normalized spacial score (nSPS) is 11.0. The minimum absolute atomic E-state index is 0.416. The summed E-state index contributed by atoms with van der Waals surface area (Å²) in [6.07, 6.45) is 0. The van der Waals surface area contributed by atoms with Crippen molar-refractivity contribution in [3.8, 4) is 5.75 Å². The average Bonchev–Trinajstić information content (AvgIpc) is 2.09. The van der Waals surface area contributed by atoms with Crippen molar-refractivity contribution in [3.05, 3.63) is 28.3 Å². The van der Waals surface area contributed by atoms with E-state index >= 15 is 0 Å². The van der Waals surface area contributed by atoms with E-state index < -0.39 is 0 Å². The van der Waals surface area contributed by atoms with E-state index in [1.165, 1.54) is 11.1 Å². The third-order valence-electron chi connectivity index (χ3n) is 2.74. The average molecular weight is 193 g/mol. The molecule has 0 fully saturated rings. The zero-order valence-corrected chi connectivity index (χ0v) is 9.68. The molecule has 0 atom stereocenters. The highest BCUT2D eigenvalue weighted by Crippen LogP contribution is 2.27. The van der Waals surface area contributed by atoms with Crippen LogP contribution >= 0.6 is 0 Å². The van der Waals surface area contributed by atoms with Gasteiger partial charge in [-0.05, 0) is 57.6 Å². The fourth-order valence-electron chi connectivity index (χ4n) is 1.63. The van der Waals surface area contributed by atoms with Crippen molar-refractivity contribution in [1.82, 2.24) is 4.90 Å². The molecule has 1 rings (SSSR count). The first kappa shape index (κ1) is 11.1. The van der Waals surface area contributed by atoms with E-state index in [1.807, 2.05) is 27.1 Å². The van der Waals surface area contributed by atoms with Crippen molar-refractivity contribution in [2.24, 2.45) is 0 Å². The van der Waals surface area contributed by atoms with Gasteiger partial charge in [0.1, 0.15) is 5.75 Å². The summed E-state index contributed by atoms with van der Waals surface area (Å²) in [5, 5.41) is 9.82. The van der Waals surface area contributed by atoms with E-state index in [4.69, 9.17) is 0 Å². The first-order chi connectivity index (χ1) is 6.43. The molecular formula is C12H19NO. The van der Waals surface area contributed by atoms with Gasteiger partial charge in [0, 0.05) is 12.1 Å². The van der Waals surface area contributed by atoms with Crippen molar-refractivity contribution in [3.63, 3.8) is 0 Å². The quantitative estimate of drug-likeness (QED) is 0.779. The van der Waals surface area contributed by atoms with Gasteiger partial charge in [-0.15, -0.1) is 0 Å². The SMILES string of the molecule is Cc1cc(O)c(CN(C)C)c(C)c1C. The van der Waals surface area contributed by atoms with Crippen molar-refractivity contribution < 1.29 is 5.11 Å². The van der Waals surface area contributed by atoms with Crippen LogP contribution in [0.2, 0.25) is 0 Å². The van der Waals surface area contributed by atoms with Gasteiger partial charge in [0.2, 0.25) is 0 Å². The smallest absolute Gasteiger partial charge is 0.120 e. The highest BCUT2D eigenvalue weighted by Gasteiger charge is 2.10. The molecule has 0 aliphatic heterocycles. The number of aryl methyl sites for hydroxylation is 1. The van der Waals surface area contributed by atoms with Crippen LogP contribution in [0.15, 0.2) is 6.07 Å². The Balaban J connectivity index is 3.22. The van der Waals surface area contributed by atoms with Crippen molar-refractivity contribution in [2.45, 2.75) is 27.3 Å². The van der Waals surface area contributed by atoms with Crippen LogP contribution in [0.25, 0.3) is 0 Å². The van der Waals surface area contributed by atoms with Crippen LogP contribution in [-0.2, 0) is 6.54 Å². The van der Waals surface area contributed by atoms with Crippen molar-refractivity contribution in [1.29, 1.82) is 0 Å². The summed E-state index contributed by atoms with van der Waals surface area (Å²) in [5.74, 6) is 0.416. The van der Waals surface area contributed by atoms with Gasteiger partial charge in [-0.1, -0.05) is 0 Å². The highest BCUT2D eigenvalue weighted by atomic mass is 16.3. The third-order valence-corrected chi connectivity index (χ3v) is 2.74. The van der Waals surface area contributed by atoms with Gasteiger partial charge in [0.25, 0.3) is 0 Å². The Hall–Kier alpha value is -1.02. The molecule has 78 valence electrons. The maximum absolute atomic E-state index is 9.82. The van der Waals surface area contributed by atoms with Gasteiger partial charge in [-0.3, -0.25) is 0 Å². The van der Waals surface area contributed by atoms with Gasteiger partial charge in [0.05, 0.1) is 0 Å². The molecule has 0 aliphatic rings. The summed E-state index contributed by atoms with van der Waals surface area (Å²) < 4.78 is 0. The third kappa shape index (κ3) is 2.07. The minimum Gasteiger partial charge on any atom is -0.508 e. The number of phenolic OH excluding ortho intramolecular Hbond substituents is 1. The zero-order valence-electron chi connectivity index (χ0n) is 9.68. The van der Waals surface area contributed by atoms with Crippen LogP contribution in [0.1, 0.15) is 22.3 Å². The number of rotatable bonds is 2. The monoisotopic (exact) mass is 193 g/mol. The number of nitrogens with zero attached hydrogens (tertiary/aromatic N) is 1. The lowest BCUT2D eigenvalue weighted by molar-refractivity contribution is 0.384. The predicted molar refractivity (Wildman–Crippen MR) is 59.7 cm³/mol. The van der Waals surface area contributed by atoms with Gasteiger partial charge in [-0.25, -0.2) is 0 Å². The Labute approximate surface area is 86.2 Å². The number of benzene rings is 1. The molecule has 0 aromatic heterocycles. The van der Waals surface area contributed by atoms with E-state index in [0.717, 1.165) is 17.7 Å². The molecule has 1 N–H and O–H groups in total. The van der Waals surface area contributed by atoms with E-state index in [9.17, 15) is 5.11 Å². The summed E-state index contributed by atoms with van der Waals surface area (Å²) >= 11 is 0. The fourth-order valence-corrected chi connectivity index (χ4v) is 1.63. The Bertz CT molecular complexity index is 343.